The van der Waals surface area contributed by atoms with E-state index in [4.69, 9.17) is 4.74 Å². The van der Waals surface area contributed by atoms with Crippen molar-refractivity contribution in [2.24, 2.45) is 0 Å². The molecule has 0 atom stereocenters. The highest BCUT2D eigenvalue weighted by molar-refractivity contribution is 5.96. The maximum absolute atomic E-state index is 13.4. The van der Waals surface area contributed by atoms with E-state index in [1.807, 2.05) is 0 Å². The summed E-state index contributed by atoms with van der Waals surface area (Å²) in [5, 5.41) is 12.9. The van der Waals surface area contributed by atoms with Crippen LogP contribution in [0.4, 0.5) is 14.5 Å². The standard InChI is InChI=1S/C16H12F2N2O5/c17-13-6-2-4-11(15(13)18)9-25-14(21)8-19-16(22)10-3-1-5-12(7-10)20(23)24/h1-7H,8-9H2,(H,19,22). The Morgan fingerprint density at radius 3 is 2.60 bits per heavy atom. The largest absolute Gasteiger partial charge is 0.459 e. The SMILES string of the molecule is O=C(CNC(=O)c1cccc([N+](=O)[O-])c1)OCc1cccc(F)c1F. The molecule has 1 N–H and O–H groups in total. The number of rotatable bonds is 6. The number of hydrogen-bond donors (Lipinski definition) is 1. The van der Waals surface area contributed by atoms with Gasteiger partial charge in [0.25, 0.3) is 11.6 Å². The maximum Gasteiger partial charge on any atom is 0.325 e. The molecule has 0 heterocycles. The van der Waals surface area contributed by atoms with Gasteiger partial charge in [0.15, 0.2) is 11.6 Å². The molecule has 0 bridgehead atoms. The van der Waals surface area contributed by atoms with Gasteiger partial charge in [-0.2, -0.15) is 0 Å². The first-order chi connectivity index (χ1) is 11.9. The van der Waals surface area contributed by atoms with Gasteiger partial charge >= 0.3 is 5.97 Å². The second kappa shape index (κ2) is 7.95. The zero-order valence-electron chi connectivity index (χ0n) is 12.7. The van der Waals surface area contributed by atoms with Gasteiger partial charge < -0.3 is 10.1 Å². The van der Waals surface area contributed by atoms with E-state index >= 15 is 0 Å². The Bertz CT molecular complexity index is 826. The normalized spacial score (nSPS) is 10.2. The molecule has 0 aromatic heterocycles. The zero-order chi connectivity index (χ0) is 18.4. The Hall–Kier alpha value is -3.36. The van der Waals surface area contributed by atoms with Crippen molar-refractivity contribution in [3.05, 3.63) is 75.3 Å². The summed E-state index contributed by atoms with van der Waals surface area (Å²) >= 11 is 0. The van der Waals surface area contributed by atoms with Crippen LogP contribution in [0.25, 0.3) is 0 Å². The number of nitrogens with zero attached hydrogens (tertiary/aromatic N) is 1. The van der Waals surface area contributed by atoms with E-state index in [9.17, 15) is 28.5 Å². The van der Waals surface area contributed by atoms with E-state index < -0.39 is 41.6 Å². The van der Waals surface area contributed by atoms with Gasteiger partial charge in [0.05, 0.1) is 4.92 Å². The van der Waals surface area contributed by atoms with Gasteiger partial charge in [-0.3, -0.25) is 19.7 Å². The number of ether oxygens (including phenoxy) is 1. The van der Waals surface area contributed by atoms with E-state index in [1.165, 1.54) is 30.3 Å². The van der Waals surface area contributed by atoms with Crippen LogP contribution in [0.5, 0.6) is 0 Å². The summed E-state index contributed by atoms with van der Waals surface area (Å²) in [5.74, 6) is -3.76. The summed E-state index contributed by atoms with van der Waals surface area (Å²) < 4.78 is 31.2. The molecule has 25 heavy (non-hydrogen) atoms. The maximum atomic E-state index is 13.4. The molecule has 130 valence electrons. The molecule has 0 aliphatic heterocycles. The molecule has 0 saturated carbocycles. The summed E-state index contributed by atoms with van der Waals surface area (Å²) in [6.07, 6.45) is 0. The van der Waals surface area contributed by atoms with Crippen molar-refractivity contribution in [1.29, 1.82) is 0 Å². The van der Waals surface area contributed by atoms with Crippen molar-refractivity contribution in [2.45, 2.75) is 6.61 Å². The summed E-state index contributed by atoms with van der Waals surface area (Å²) in [7, 11) is 0. The number of carbonyl (C=O) groups is 2. The quantitative estimate of drug-likeness (QED) is 0.490. The van der Waals surface area contributed by atoms with Crippen molar-refractivity contribution in [1.82, 2.24) is 5.32 Å². The number of halogens is 2. The molecule has 7 nitrogen and oxygen atoms in total. The minimum absolute atomic E-state index is 0.00169. The van der Waals surface area contributed by atoms with Crippen molar-refractivity contribution >= 4 is 17.6 Å². The van der Waals surface area contributed by atoms with E-state index in [0.29, 0.717) is 0 Å². The lowest BCUT2D eigenvalue weighted by Gasteiger charge is -2.07. The smallest absolute Gasteiger partial charge is 0.325 e. The van der Waals surface area contributed by atoms with Crippen LogP contribution in [0.3, 0.4) is 0 Å². The number of amides is 1. The van der Waals surface area contributed by atoms with Gasteiger partial charge in [-0.25, -0.2) is 8.78 Å². The average Bonchev–Trinajstić information content (AvgIpc) is 2.61. The Labute approximate surface area is 140 Å². The van der Waals surface area contributed by atoms with Gasteiger partial charge in [-0.15, -0.1) is 0 Å². The number of benzene rings is 2. The minimum atomic E-state index is -1.11. The van der Waals surface area contributed by atoms with Crippen LogP contribution in [-0.4, -0.2) is 23.3 Å². The Morgan fingerprint density at radius 1 is 1.16 bits per heavy atom. The van der Waals surface area contributed by atoms with Crippen molar-refractivity contribution in [3.63, 3.8) is 0 Å². The van der Waals surface area contributed by atoms with Gasteiger partial charge in [-0.1, -0.05) is 18.2 Å². The molecule has 2 rings (SSSR count). The predicted octanol–water partition coefficient (Wildman–Crippen LogP) is 2.35. The fourth-order valence-electron chi connectivity index (χ4n) is 1.88. The van der Waals surface area contributed by atoms with Gasteiger partial charge in [-0.05, 0) is 12.1 Å². The molecule has 0 aliphatic rings. The molecule has 9 heteroatoms. The Kier molecular flexibility index (Phi) is 5.72. The molecular weight excluding hydrogens is 338 g/mol. The lowest BCUT2D eigenvalue weighted by atomic mass is 10.2. The summed E-state index contributed by atoms with van der Waals surface area (Å²) in [4.78, 5) is 33.4. The van der Waals surface area contributed by atoms with Gasteiger partial charge in [0.1, 0.15) is 13.2 Å². The second-order valence-electron chi connectivity index (χ2n) is 4.86. The van der Waals surface area contributed by atoms with Crippen molar-refractivity contribution < 1.29 is 28.0 Å². The third-order valence-corrected chi connectivity index (χ3v) is 3.13. The topological polar surface area (TPSA) is 98.5 Å². The number of nitro benzene ring substituents is 1. The third kappa shape index (κ3) is 4.80. The Balaban J connectivity index is 1.87. The zero-order valence-corrected chi connectivity index (χ0v) is 12.7. The minimum Gasteiger partial charge on any atom is -0.459 e. The average molecular weight is 350 g/mol. The van der Waals surface area contributed by atoms with E-state index in [0.717, 1.165) is 12.1 Å². The fraction of sp³-hybridized carbons (Fsp3) is 0.125. The predicted molar refractivity (Wildman–Crippen MR) is 81.6 cm³/mol. The lowest BCUT2D eigenvalue weighted by Crippen LogP contribution is -2.30. The molecule has 0 radical (unpaired) electrons. The Morgan fingerprint density at radius 2 is 1.88 bits per heavy atom. The number of carbonyl (C=O) groups excluding carboxylic acids is 2. The molecule has 2 aromatic rings. The van der Waals surface area contributed by atoms with Crippen LogP contribution < -0.4 is 5.32 Å². The van der Waals surface area contributed by atoms with Gasteiger partial charge in [0.2, 0.25) is 0 Å². The fourth-order valence-corrected chi connectivity index (χ4v) is 1.88. The summed E-state index contributed by atoms with van der Waals surface area (Å²) in [6.45, 7) is -1.02. The van der Waals surface area contributed by atoms with Crippen LogP contribution in [-0.2, 0) is 16.1 Å². The van der Waals surface area contributed by atoms with Crippen LogP contribution in [0, 0.1) is 21.7 Å². The highest BCUT2D eigenvalue weighted by Gasteiger charge is 2.14. The van der Waals surface area contributed by atoms with E-state index in [-0.39, 0.29) is 16.8 Å². The number of nitro groups is 1. The first-order valence-corrected chi connectivity index (χ1v) is 6.99. The molecule has 0 saturated heterocycles. The number of esters is 1. The second-order valence-corrected chi connectivity index (χ2v) is 4.86. The molecule has 0 unspecified atom stereocenters. The summed E-state index contributed by atoms with van der Waals surface area (Å²) in [6, 6.07) is 8.41. The molecule has 1 amide bonds. The number of hydrogen-bond acceptors (Lipinski definition) is 5. The molecule has 2 aromatic carbocycles. The lowest BCUT2D eigenvalue weighted by molar-refractivity contribution is -0.384. The first-order valence-electron chi connectivity index (χ1n) is 6.99. The number of non-ortho nitro benzene ring substituents is 1. The molecular formula is C16H12F2N2O5. The number of nitrogens with one attached hydrogen (secondary N) is 1. The highest BCUT2D eigenvalue weighted by Crippen LogP contribution is 2.13. The van der Waals surface area contributed by atoms with Gasteiger partial charge in [0, 0.05) is 23.3 Å². The van der Waals surface area contributed by atoms with Crippen LogP contribution in [0.1, 0.15) is 15.9 Å². The van der Waals surface area contributed by atoms with Crippen LogP contribution in [0.15, 0.2) is 42.5 Å². The third-order valence-electron chi connectivity index (χ3n) is 3.13. The van der Waals surface area contributed by atoms with Crippen molar-refractivity contribution in [3.8, 4) is 0 Å². The molecule has 0 aliphatic carbocycles. The first kappa shape index (κ1) is 18.0. The van der Waals surface area contributed by atoms with E-state index in [2.05, 4.69) is 5.32 Å². The van der Waals surface area contributed by atoms with E-state index in [1.54, 1.807) is 0 Å². The van der Waals surface area contributed by atoms with Crippen LogP contribution in [0.2, 0.25) is 0 Å². The highest BCUT2D eigenvalue weighted by atomic mass is 19.2. The van der Waals surface area contributed by atoms with Crippen molar-refractivity contribution in [2.75, 3.05) is 6.54 Å². The van der Waals surface area contributed by atoms with Crippen LogP contribution >= 0.6 is 0 Å². The monoisotopic (exact) mass is 350 g/mol. The summed E-state index contributed by atoms with van der Waals surface area (Å²) in [5.41, 5.74) is -0.409. The molecule has 0 fully saturated rings. The molecule has 0 spiro atoms.